The fourth-order valence-electron chi connectivity index (χ4n) is 2.57. The third-order valence-corrected chi connectivity index (χ3v) is 5.19. The minimum Gasteiger partial charge on any atom is -0.497 e. The number of ether oxygens (including phenoxy) is 1. The first-order valence-electron chi connectivity index (χ1n) is 8.85. The van der Waals surface area contributed by atoms with E-state index in [1.165, 1.54) is 18.1 Å². The van der Waals surface area contributed by atoms with E-state index in [4.69, 9.17) is 20.9 Å². The maximum Gasteiger partial charge on any atom is 0.246 e. The summed E-state index contributed by atoms with van der Waals surface area (Å²) in [5.41, 5.74) is 1.98. The molecule has 0 spiro atoms. The second-order valence-corrected chi connectivity index (χ2v) is 7.44. The third-order valence-electron chi connectivity index (χ3n) is 4.05. The Morgan fingerprint density at radius 1 is 1.27 bits per heavy atom. The number of hydrogen-bond acceptors (Lipinski definition) is 9. The zero-order valence-electron chi connectivity index (χ0n) is 15.8. The molecule has 0 fully saturated rings. The minimum absolute atomic E-state index is 0.116. The van der Waals surface area contributed by atoms with Gasteiger partial charge in [-0.25, -0.2) is 9.97 Å². The largest absolute Gasteiger partial charge is 0.497 e. The molecule has 0 saturated heterocycles. The van der Waals surface area contributed by atoms with Crippen molar-refractivity contribution in [2.24, 2.45) is 0 Å². The van der Waals surface area contributed by atoms with E-state index in [0.717, 1.165) is 11.3 Å². The Kier molecular flexibility index (Phi) is 6.10. The second-order valence-electron chi connectivity index (χ2n) is 6.01. The summed E-state index contributed by atoms with van der Waals surface area (Å²) < 4.78 is 10.3. The predicted molar refractivity (Wildman–Crippen MR) is 110 cm³/mol. The first kappa shape index (κ1) is 20.1. The second kappa shape index (κ2) is 9.09. The van der Waals surface area contributed by atoms with Crippen LogP contribution in [0.25, 0.3) is 22.6 Å². The smallest absolute Gasteiger partial charge is 0.246 e. The van der Waals surface area contributed by atoms with Crippen molar-refractivity contribution in [3.8, 4) is 17.1 Å². The van der Waals surface area contributed by atoms with Crippen LogP contribution in [0.2, 0.25) is 5.28 Å². The van der Waals surface area contributed by atoms with Gasteiger partial charge in [-0.1, -0.05) is 5.16 Å². The number of benzene rings is 1. The Morgan fingerprint density at radius 3 is 2.90 bits per heavy atom. The van der Waals surface area contributed by atoms with Gasteiger partial charge < -0.3 is 19.6 Å². The number of nitrogens with zero attached hydrogens (tertiary/aromatic N) is 5. The molecule has 12 heteroatoms. The number of H-pyrrole nitrogens is 1. The lowest BCUT2D eigenvalue weighted by molar-refractivity contribution is -0.120. The molecule has 0 unspecified atom stereocenters. The molecule has 10 nitrogen and oxygen atoms in total. The standard InChI is InChI=1S/C18H16ClN7O3S/c1-28-11-4-2-10(3-5-11)15-23-13(29-26-15)8-20-12(27)6-7-30-17-14-16(22-9-21-14)24-18(19)25-17/h2-5,9H,6-8H2,1H3,(H,20,27)(H,21,22,24,25). The van der Waals surface area contributed by atoms with Crippen molar-refractivity contribution in [3.63, 3.8) is 0 Å². The van der Waals surface area contributed by atoms with E-state index in [2.05, 4.69) is 35.4 Å². The molecule has 0 aliphatic rings. The van der Waals surface area contributed by atoms with Crippen LogP contribution in [0.5, 0.6) is 5.75 Å². The van der Waals surface area contributed by atoms with Gasteiger partial charge >= 0.3 is 0 Å². The number of nitrogens with one attached hydrogen (secondary N) is 2. The van der Waals surface area contributed by atoms with Crippen LogP contribution in [0.1, 0.15) is 12.3 Å². The van der Waals surface area contributed by atoms with Crippen molar-refractivity contribution in [1.82, 2.24) is 35.4 Å². The van der Waals surface area contributed by atoms with Crippen LogP contribution in [0.4, 0.5) is 0 Å². The van der Waals surface area contributed by atoms with Gasteiger partial charge in [0.15, 0.2) is 5.65 Å². The highest BCUT2D eigenvalue weighted by Gasteiger charge is 2.12. The number of hydrogen-bond donors (Lipinski definition) is 2. The molecule has 0 radical (unpaired) electrons. The molecular formula is C18H16ClN7O3S. The predicted octanol–water partition coefficient (Wildman–Crippen LogP) is 2.86. The molecule has 0 atom stereocenters. The van der Waals surface area contributed by atoms with Crippen LogP contribution in [0.3, 0.4) is 0 Å². The van der Waals surface area contributed by atoms with Crippen LogP contribution >= 0.6 is 23.4 Å². The number of aromatic amines is 1. The first-order chi connectivity index (χ1) is 14.6. The van der Waals surface area contributed by atoms with Crippen molar-refractivity contribution >= 4 is 40.4 Å². The monoisotopic (exact) mass is 445 g/mol. The quantitative estimate of drug-likeness (QED) is 0.238. The average molecular weight is 446 g/mol. The van der Waals surface area contributed by atoms with Gasteiger partial charge in [0.2, 0.25) is 22.9 Å². The van der Waals surface area contributed by atoms with Crippen molar-refractivity contribution < 1.29 is 14.1 Å². The number of carbonyl (C=O) groups excluding carboxylic acids is 1. The zero-order chi connectivity index (χ0) is 20.9. The summed E-state index contributed by atoms with van der Waals surface area (Å²) in [7, 11) is 1.60. The zero-order valence-corrected chi connectivity index (χ0v) is 17.3. The van der Waals surface area contributed by atoms with E-state index in [1.807, 2.05) is 24.3 Å². The lowest BCUT2D eigenvalue weighted by Crippen LogP contribution is -2.23. The first-order valence-corrected chi connectivity index (χ1v) is 10.2. The average Bonchev–Trinajstić information content (AvgIpc) is 3.42. The van der Waals surface area contributed by atoms with Gasteiger partial charge in [-0.15, -0.1) is 11.8 Å². The Bertz CT molecular complexity index is 1160. The Morgan fingerprint density at radius 2 is 2.10 bits per heavy atom. The molecule has 154 valence electrons. The number of aromatic nitrogens is 6. The van der Waals surface area contributed by atoms with Gasteiger partial charge in [-0.05, 0) is 35.9 Å². The highest BCUT2D eigenvalue weighted by atomic mass is 35.5. The van der Waals surface area contributed by atoms with E-state index in [0.29, 0.717) is 33.7 Å². The molecule has 1 aromatic carbocycles. The molecule has 3 heterocycles. The van der Waals surface area contributed by atoms with E-state index >= 15 is 0 Å². The summed E-state index contributed by atoms with van der Waals surface area (Å²) in [5.74, 6) is 1.87. The molecule has 0 aliphatic heterocycles. The van der Waals surface area contributed by atoms with Crippen LogP contribution in [0, 0.1) is 0 Å². The maximum atomic E-state index is 12.1. The van der Waals surface area contributed by atoms with Crippen LogP contribution < -0.4 is 10.1 Å². The molecule has 0 saturated carbocycles. The normalized spacial score (nSPS) is 11.0. The number of thioether (sulfide) groups is 1. The third kappa shape index (κ3) is 4.69. The highest BCUT2D eigenvalue weighted by Crippen LogP contribution is 2.24. The molecule has 4 aromatic rings. The molecule has 2 N–H and O–H groups in total. The van der Waals surface area contributed by atoms with Gasteiger partial charge in [0, 0.05) is 17.7 Å². The number of amides is 1. The molecular weight excluding hydrogens is 430 g/mol. The number of carbonyl (C=O) groups is 1. The van der Waals surface area contributed by atoms with Gasteiger partial charge in [0.1, 0.15) is 16.3 Å². The lowest BCUT2D eigenvalue weighted by Gasteiger charge is -2.03. The fourth-order valence-corrected chi connectivity index (χ4v) is 3.71. The summed E-state index contributed by atoms with van der Waals surface area (Å²) in [6, 6.07) is 7.29. The van der Waals surface area contributed by atoms with Crippen LogP contribution in [0.15, 0.2) is 40.1 Å². The number of rotatable bonds is 8. The van der Waals surface area contributed by atoms with E-state index in [9.17, 15) is 4.79 Å². The summed E-state index contributed by atoms with van der Waals surface area (Å²) >= 11 is 7.30. The van der Waals surface area contributed by atoms with Crippen molar-refractivity contribution in [1.29, 1.82) is 0 Å². The summed E-state index contributed by atoms with van der Waals surface area (Å²) in [5, 5.41) is 7.47. The number of imidazole rings is 1. The van der Waals surface area contributed by atoms with Gasteiger partial charge in [-0.3, -0.25) is 4.79 Å². The van der Waals surface area contributed by atoms with E-state index < -0.39 is 0 Å². The van der Waals surface area contributed by atoms with Gasteiger partial charge in [0.05, 0.1) is 20.0 Å². The topological polar surface area (TPSA) is 132 Å². The van der Waals surface area contributed by atoms with Gasteiger partial charge in [0.25, 0.3) is 0 Å². The molecule has 0 aliphatic carbocycles. The van der Waals surface area contributed by atoms with Gasteiger partial charge in [-0.2, -0.15) is 9.97 Å². The highest BCUT2D eigenvalue weighted by molar-refractivity contribution is 7.99. The summed E-state index contributed by atoms with van der Waals surface area (Å²) in [4.78, 5) is 31.7. The van der Waals surface area contributed by atoms with Crippen LogP contribution in [-0.4, -0.2) is 48.8 Å². The number of fused-ring (bicyclic) bond motifs is 1. The number of methoxy groups -OCH3 is 1. The summed E-state index contributed by atoms with van der Waals surface area (Å²) in [6.45, 7) is 0.150. The summed E-state index contributed by atoms with van der Waals surface area (Å²) in [6.07, 6.45) is 1.80. The SMILES string of the molecule is COc1ccc(-c2noc(CNC(=O)CCSc3nc(Cl)nc4nc[nH]c34)n2)cc1. The Balaban J connectivity index is 1.27. The Hall–Kier alpha value is -3.18. The fraction of sp³-hybridized carbons (Fsp3) is 0.222. The molecule has 4 rings (SSSR count). The lowest BCUT2D eigenvalue weighted by atomic mass is 10.2. The molecule has 1 amide bonds. The number of halogens is 1. The Labute approximate surface area is 179 Å². The van der Waals surface area contributed by atoms with E-state index in [-0.39, 0.29) is 24.2 Å². The molecule has 3 aromatic heterocycles. The van der Waals surface area contributed by atoms with Crippen LogP contribution in [-0.2, 0) is 11.3 Å². The van der Waals surface area contributed by atoms with Crippen molar-refractivity contribution in [2.75, 3.05) is 12.9 Å². The van der Waals surface area contributed by atoms with Crippen molar-refractivity contribution in [2.45, 2.75) is 18.0 Å². The maximum absolute atomic E-state index is 12.1. The molecule has 30 heavy (non-hydrogen) atoms. The van der Waals surface area contributed by atoms with E-state index in [1.54, 1.807) is 7.11 Å². The minimum atomic E-state index is -0.146. The molecule has 0 bridgehead atoms. The van der Waals surface area contributed by atoms with Crippen molar-refractivity contribution in [3.05, 3.63) is 41.8 Å².